The molecule has 0 unspecified atom stereocenters. The number of pyridine rings is 1. The molecule has 0 atom stereocenters. The lowest BCUT2D eigenvalue weighted by molar-refractivity contribution is 0.318. The van der Waals surface area contributed by atoms with Crippen LogP contribution in [0, 0.1) is 13.8 Å². The molecule has 0 spiro atoms. The summed E-state index contributed by atoms with van der Waals surface area (Å²) in [4.78, 5) is 4.31. The van der Waals surface area contributed by atoms with E-state index in [0.29, 0.717) is 21.7 Å². The van der Waals surface area contributed by atoms with Gasteiger partial charge in [-0.25, -0.2) is 4.98 Å². The predicted octanol–water partition coefficient (Wildman–Crippen LogP) is 1.33. The lowest BCUT2D eigenvalue weighted by Crippen LogP contribution is -2.15. The highest BCUT2D eigenvalue weighted by Gasteiger charge is 2.14. The van der Waals surface area contributed by atoms with E-state index in [9.17, 15) is 0 Å². The van der Waals surface area contributed by atoms with Crippen LogP contribution in [0.3, 0.4) is 0 Å². The number of oxime groups is 1. The lowest BCUT2D eigenvalue weighted by atomic mass is 10.2. The van der Waals surface area contributed by atoms with Crippen LogP contribution >= 0.6 is 11.8 Å². The molecule has 2 rings (SSSR count). The summed E-state index contributed by atoms with van der Waals surface area (Å²) in [5.74, 6) is 0.455. The molecule has 94 valence electrons. The lowest BCUT2D eigenvalue weighted by Gasteiger charge is -2.05. The van der Waals surface area contributed by atoms with Gasteiger partial charge in [0.2, 0.25) is 5.89 Å². The average molecular weight is 265 g/mol. The molecule has 0 bridgehead atoms. The van der Waals surface area contributed by atoms with Gasteiger partial charge >= 0.3 is 0 Å². The number of aryl methyl sites for hydroxylation is 2. The summed E-state index contributed by atoms with van der Waals surface area (Å²) < 4.78 is 5.25. The van der Waals surface area contributed by atoms with Gasteiger partial charge in [0, 0.05) is 12.6 Å². The number of rotatable bonds is 3. The molecule has 0 aliphatic rings. The molecule has 0 amide bonds. The number of nitrogens with zero attached hydrogens (tertiary/aromatic N) is 4. The number of amidine groups is 1. The fourth-order valence-electron chi connectivity index (χ4n) is 1.26. The molecule has 8 heteroatoms. The van der Waals surface area contributed by atoms with Crippen LogP contribution in [-0.4, -0.2) is 26.2 Å². The van der Waals surface area contributed by atoms with E-state index in [2.05, 4.69) is 20.3 Å². The van der Waals surface area contributed by atoms with E-state index in [1.165, 1.54) is 11.8 Å². The maximum Gasteiger partial charge on any atom is 0.282 e. The molecule has 0 fully saturated rings. The van der Waals surface area contributed by atoms with Gasteiger partial charge in [-0.2, -0.15) is 0 Å². The maximum absolute atomic E-state index is 8.73. The highest BCUT2D eigenvalue weighted by atomic mass is 32.2. The Kier molecular flexibility index (Phi) is 3.47. The van der Waals surface area contributed by atoms with Crippen molar-refractivity contribution in [2.75, 3.05) is 0 Å². The van der Waals surface area contributed by atoms with Gasteiger partial charge in [0.15, 0.2) is 5.84 Å². The minimum Gasteiger partial charge on any atom is -0.416 e. The van der Waals surface area contributed by atoms with E-state index in [1.54, 1.807) is 19.1 Å². The van der Waals surface area contributed by atoms with Gasteiger partial charge in [-0.15, -0.1) is 10.2 Å². The molecule has 0 aliphatic carbocycles. The Morgan fingerprint density at radius 2 is 2.17 bits per heavy atom. The van der Waals surface area contributed by atoms with Crippen molar-refractivity contribution in [3.8, 4) is 0 Å². The van der Waals surface area contributed by atoms with Crippen LogP contribution in [0.15, 0.2) is 32.0 Å². The Morgan fingerprint density at radius 3 is 2.78 bits per heavy atom. The van der Waals surface area contributed by atoms with Gasteiger partial charge < -0.3 is 15.4 Å². The van der Waals surface area contributed by atoms with Crippen molar-refractivity contribution in [2.45, 2.75) is 24.1 Å². The maximum atomic E-state index is 8.73. The van der Waals surface area contributed by atoms with Crippen molar-refractivity contribution in [1.82, 2.24) is 15.2 Å². The normalized spacial score (nSPS) is 11.8. The molecule has 2 aromatic heterocycles. The highest BCUT2D eigenvalue weighted by molar-refractivity contribution is 7.99. The predicted molar refractivity (Wildman–Crippen MR) is 64.6 cm³/mol. The Hall–Kier alpha value is -2.09. The Bertz CT molecular complexity index is 596. The summed E-state index contributed by atoms with van der Waals surface area (Å²) >= 11 is 1.17. The molecular formula is C10H11N5O2S. The van der Waals surface area contributed by atoms with Crippen LogP contribution < -0.4 is 5.73 Å². The van der Waals surface area contributed by atoms with E-state index in [-0.39, 0.29) is 5.84 Å². The molecule has 7 nitrogen and oxygen atoms in total. The van der Waals surface area contributed by atoms with Gasteiger partial charge in [-0.05, 0) is 30.8 Å². The molecule has 0 saturated carbocycles. The Balaban J connectivity index is 2.39. The Morgan fingerprint density at radius 1 is 1.39 bits per heavy atom. The summed E-state index contributed by atoms with van der Waals surface area (Å²) in [5, 5.41) is 20.2. The second-order valence-corrected chi connectivity index (χ2v) is 4.42. The van der Waals surface area contributed by atoms with Crippen LogP contribution in [-0.2, 0) is 0 Å². The van der Waals surface area contributed by atoms with E-state index in [4.69, 9.17) is 15.4 Å². The monoisotopic (exact) mass is 265 g/mol. The van der Waals surface area contributed by atoms with Gasteiger partial charge in [-0.3, -0.25) is 0 Å². The average Bonchev–Trinajstić information content (AvgIpc) is 2.74. The fraction of sp³-hybridized carbons (Fsp3) is 0.200. The van der Waals surface area contributed by atoms with E-state index < -0.39 is 0 Å². The molecular weight excluding hydrogens is 254 g/mol. The van der Waals surface area contributed by atoms with Gasteiger partial charge in [0.1, 0.15) is 5.03 Å². The number of hydrogen-bond donors (Lipinski definition) is 2. The third-order valence-electron chi connectivity index (χ3n) is 2.07. The standard InChI is InChI=1S/C10H11N5O2S/c1-5-3-4-7(8(11)15-16)9(12-5)18-10-14-13-6(2)17-10/h3-4,16H,1-2H3,(H2,11,15). The van der Waals surface area contributed by atoms with Crippen LogP contribution in [0.5, 0.6) is 0 Å². The molecule has 0 aromatic carbocycles. The molecule has 0 saturated heterocycles. The quantitative estimate of drug-likeness (QED) is 0.372. The summed E-state index contributed by atoms with van der Waals surface area (Å²) in [6.07, 6.45) is 0. The first-order valence-electron chi connectivity index (χ1n) is 5.03. The zero-order valence-corrected chi connectivity index (χ0v) is 10.6. The second kappa shape index (κ2) is 5.05. The van der Waals surface area contributed by atoms with Crippen molar-refractivity contribution in [1.29, 1.82) is 0 Å². The molecule has 0 radical (unpaired) electrons. The smallest absolute Gasteiger partial charge is 0.282 e. The first-order chi connectivity index (χ1) is 8.60. The van der Waals surface area contributed by atoms with Crippen molar-refractivity contribution in [2.24, 2.45) is 10.9 Å². The topological polar surface area (TPSA) is 110 Å². The molecule has 2 aromatic rings. The third kappa shape index (κ3) is 2.59. The summed E-state index contributed by atoms with van der Waals surface area (Å²) in [7, 11) is 0. The Labute approximate surface area is 107 Å². The first-order valence-corrected chi connectivity index (χ1v) is 5.85. The molecule has 0 aliphatic heterocycles. The van der Waals surface area contributed by atoms with E-state index in [1.807, 2.05) is 6.92 Å². The highest BCUT2D eigenvalue weighted by Crippen LogP contribution is 2.27. The zero-order valence-electron chi connectivity index (χ0n) is 9.78. The van der Waals surface area contributed by atoms with Crippen LogP contribution in [0.25, 0.3) is 0 Å². The largest absolute Gasteiger partial charge is 0.416 e. The number of hydrogen-bond acceptors (Lipinski definition) is 7. The summed E-state index contributed by atoms with van der Waals surface area (Å²) in [5.41, 5.74) is 6.91. The van der Waals surface area contributed by atoms with Crippen molar-refractivity contribution < 1.29 is 9.62 Å². The van der Waals surface area contributed by atoms with E-state index >= 15 is 0 Å². The van der Waals surface area contributed by atoms with Crippen molar-refractivity contribution in [3.63, 3.8) is 0 Å². The number of aromatic nitrogens is 3. The van der Waals surface area contributed by atoms with Crippen molar-refractivity contribution in [3.05, 3.63) is 29.3 Å². The zero-order chi connectivity index (χ0) is 13.1. The number of nitrogens with two attached hydrogens (primary N) is 1. The van der Waals surface area contributed by atoms with Gasteiger partial charge in [0.05, 0.1) is 5.56 Å². The van der Waals surface area contributed by atoms with Crippen LogP contribution in [0.1, 0.15) is 17.1 Å². The minimum atomic E-state index is -0.0127. The van der Waals surface area contributed by atoms with Gasteiger partial charge in [-0.1, -0.05) is 5.16 Å². The first kappa shape index (κ1) is 12.4. The van der Waals surface area contributed by atoms with Crippen LogP contribution in [0.2, 0.25) is 0 Å². The van der Waals surface area contributed by atoms with E-state index in [0.717, 1.165) is 5.69 Å². The molecule has 3 N–H and O–H groups in total. The summed E-state index contributed by atoms with van der Waals surface area (Å²) in [6.45, 7) is 3.55. The van der Waals surface area contributed by atoms with Crippen LogP contribution in [0.4, 0.5) is 0 Å². The minimum absolute atomic E-state index is 0.0127. The fourth-order valence-corrected chi connectivity index (χ4v) is 2.14. The van der Waals surface area contributed by atoms with Gasteiger partial charge in [0.25, 0.3) is 5.22 Å². The SMILES string of the molecule is Cc1ccc(C(N)=NO)c(Sc2nnc(C)o2)n1. The third-order valence-corrected chi connectivity index (χ3v) is 2.92. The second-order valence-electron chi connectivity index (χ2n) is 3.48. The molecule has 2 heterocycles. The molecule has 18 heavy (non-hydrogen) atoms. The summed E-state index contributed by atoms with van der Waals surface area (Å²) in [6, 6.07) is 3.50. The van der Waals surface area contributed by atoms with Crippen molar-refractivity contribution >= 4 is 17.6 Å².